The van der Waals surface area contributed by atoms with Crippen molar-refractivity contribution in [2.45, 2.75) is 13.0 Å². The van der Waals surface area contributed by atoms with Crippen LogP contribution in [-0.4, -0.2) is 31.9 Å². The van der Waals surface area contributed by atoms with Gasteiger partial charge in [0, 0.05) is 19.2 Å². The summed E-state index contributed by atoms with van der Waals surface area (Å²) in [6, 6.07) is 5.74. The number of nitrogens with one attached hydrogen (secondary N) is 1. The molecule has 4 heteroatoms. The molecule has 0 aliphatic rings. The van der Waals surface area contributed by atoms with Crippen molar-refractivity contribution in [2.75, 3.05) is 26.9 Å². The maximum atomic E-state index is 5.38. The Morgan fingerprint density at radius 3 is 3.06 bits per heavy atom. The minimum atomic E-state index is 0.645. The lowest BCUT2D eigenvalue weighted by Gasteiger charge is -2.06. The number of hydrogen-bond acceptors (Lipinski definition) is 4. The van der Waals surface area contributed by atoms with Gasteiger partial charge in [-0.05, 0) is 12.5 Å². The number of nitrogens with zero attached hydrogens (tertiary/aromatic N) is 1. The van der Waals surface area contributed by atoms with E-state index in [1.807, 2.05) is 24.3 Å². The van der Waals surface area contributed by atoms with E-state index in [9.17, 15) is 0 Å². The smallest absolute Gasteiger partial charge is 0.213 e. The fraction of sp³-hybridized carbons (Fsp3) is 0.462. The van der Waals surface area contributed by atoms with E-state index in [2.05, 4.69) is 16.9 Å². The van der Waals surface area contributed by atoms with Gasteiger partial charge < -0.3 is 14.8 Å². The zero-order valence-electron chi connectivity index (χ0n) is 10.3. The van der Waals surface area contributed by atoms with Gasteiger partial charge in [0.15, 0.2) is 0 Å². The Morgan fingerprint density at radius 1 is 1.41 bits per heavy atom. The van der Waals surface area contributed by atoms with Crippen LogP contribution in [0.25, 0.3) is 0 Å². The molecule has 0 unspecified atom stereocenters. The minimum Gasteiger partial charge on any atom is -0.481 e. The highest BCUT2D eigenvalue weighted by molar-refractivity contribution is 5.15. The van der Waals surface area contributed by atoms with Crippen molar-refractivity contribution in [3.63, 3.8) is 0 Å². The summed E-state index contributed by atoms with van der Waals surface area (Å²) in [6.45, 7) is 6.62. The van der Waals surface area contributed by atoms with Gasteiger partial charge in [0.25, 0.3) is 0 Å². The van der Waals surface area contributed by atoms with Crippen molar-refractivity contribution < 1.29 is 9.47 Å². The Morgan fingerprint density at radius 2 is 2.29 bits per heavy atom. The molecule has 0 spiro atoms. The second-order valence-corrected chi connectivity index (χ2v) is 3.54. The maximum absolute atomic E-state index is 5.38. The number of methoxy groups -OCH3 is 1. The van der Waals surface area contributed by atoms with Crippen molar-refractivity contribution >= 4 is 0 Å². The Hall–Kier alpha value is -1.39. The highest BCUT2D eigenvalue weighted by Gasteiger charge is 1.96. The molecule has 4 nitrogen and oxygen atoms in total. The van der Waals surface area contributed by atoms with E-state index in [0.717, 1.165) is 31.8 Å². The highest BCUT2D eigenvalue weighted by Crippen LogP contribution is 2.05. The molecule has 1 aromatic heterocycles. The molecule has 0 amide bonds. The van der Waals surface area contributed by atoms with Crippen molar-refractivity contribution in [3.8, 4) is 5.88 Å². The third-order valence-electron chi connectivity index (χ3n) is 2.19. The van der Waals surface area contributed by atoms with Crippen LogP contribution in [0.4, 0.5) is 0 Å². The quantitative estimate of drug-likeness (QED) is 0.524. The van der Waals surface area contributed by atoms with Crippen LogP contribution in [-0.2, 0) is 11.3 Å². The molecule has 0 bridgehead atoms. The SMILES string of the molecule is C=CCCOCCNCc1cccc(OC)n1. The van der Waals surface area contributed by atoms with Crippen molar-refractivity contribution in [1.29, 1.82) is 0 Å². The fourth-order valence-corrected chi connectivity index (χ4v) is 1.30. The van der Waals surface area contributed by atoms with Gasteiger partial charge in [0.1, 0.15) is 0 Å². The average Bonchev–Trinajstić information content (AvgIpc) is 2.38. The van der Waals surface area contributed by atoms with E-state index in [1.54, 1.807) is 7.11 Å². The largest absolute Gasteiger partial charge is 0.481 e. The number of pyridine rings is 1. The molecule has 1 N–H and O–H groups in total. The van der Waals surface area contributed by atoms with Gasteiger partial charge in [0.2, 0.25) is 5.88 Å². The summed E-state index contributed by atoms with van der Waals surface area (Å²) < 4.78 is 10.4. The predicted molar refractivity (Wildman–Crippen MR) is 68.1 cm³/mol. The van der Waals surface area contributed by atoms with Crippen LogP contribution in [0.2, 0.25) is 0 Å². The molecule has 94 valence electrons. The summed E-state index contributed by atoms with van der Waals surface area (Å²) in [6.07, 6.45) is 2.75. The number of hydrogen-bond donors (Lipinski definition) is 1. The Kier molecular flexibility index (Phi) is 7.02. The van der Waals surface area contributed by atoms with Crippen molar-refractivity contribution in [3.05, 3.63) is 36.5 Å². The maximum Gasteiger partial charge on any atom is 0.213 e. The van der Waals surface area contributed by atoms with E-state index < -0.39 is 0 Å². The molecule has 17 heavy (non-hydrogen) atoms. The monoisotopic (exact) mass is 236 g/mol. The Labute approximate surface area is 103 Å². The van der Waals surface area contributed by atoms with Crippen LogP contribution in [0.15, 0.2) is 30.9 Å². The molecule has 0 fully saturated rings. The molecule has 1 rings (SSSR count). The van der Waals surface area contributed by atoms with E-state index in [4.69, 9.17) is 9.47 Å². The van der Waals surface area contributed by atoms with Crippen LogP contribution in [0.1, 0.15) is 12.1 Å². The minimum absolute atomic E-state index is 0.645. The molecule has 0 aromatic carbocycles. The van der Waals surface area contributed by atoms with Crippen LogP contribution in [0.3, 0.4) is 0 Å². The molecule has 0 saturated carbocycles. The first kappa shape index (κ1) is 13.7. The molecule has 0 aliphatic carbocycles. The normalized spacial score (nSPS) is 10.2. The van der Waals surface area contributed by atoms with Crippen LogP contribution >= 0.6 is 0 Å². The molecule has 1 aromatic rings. The summed E-state index contributed by atoms with van der Waals surface area (Å²) in [5.41, 5.74) is 0.968. The molecule has 0 aliphatic heterocycles. The van der Waals surface area contributed by atoms with E-state index in [0.29, 0.717) is 12.5 Å². The average molecular weight is 236 g/mol. The second-order valence-electron chi connectivity index (χ2n) is 3.54. The van der Waals surface area contributed by atoms with Gasteiger partial charge in [-0.2, -0.15) is 0 Å². The van der Waals surface area contributed by atoms with Gasteiger partial charge in [-0.1, -0.05) is 12.1 Å². The topological polar surface area (TPSA) is 43.4 Å². The van der Waals surface area contributed by atoms with Gasteiger partial charge in [-0.3, -0.25) is 0 Å². The zero-order chi connectivity index (χ0) is 12.3. The lowest BCUT2D eigenvalue weighted by Crippen LogP contribution is -2.20. The molecule has 0 saturated heterocycles. The second kappa shape index (κ2) is 8.73. The molecular formula is C13H20N2O2. The van der Waals surface area contributed by atoms with Crippen LogP contribution in [0.5, 0.6) is 5.88 Å². The third-order valence-corrected chi connectivity index (χ3v) is 2.19. The fourth-order valence-electron chi connectivity index (χ4n) is 1.30. The highest BCUT2D eigenvalue weighted by atomic mass is 16.5. The third kappa shape index (κ3) is 6.04. The summed E-state index contributed by atoms with van der Waals surface area (Å²) in [5, 5.41) is 3.26. The number of ether oxygens (including phenoxy) is 2. The summed E-state index contributed by atoms with van der Waals surface area (Å²) in [5.74, 6) is 0.645. The lowest BCUT2D eigenvalue weighted by molar-refractivity contribution is 0.140. The van der Waals surface area contributed by atoms with E-state index >= 15 is 0 Å². The predicted octanol–water partition coefficient (Wildman–Crippen LogP) is 1.77. The first-order valence-electron chi connectivity index (χ1n) is 5.76. The van der Waals surface area contributed by atoms with Gasteiger partial charge in [-0.15, -0.1) is 6.58 Å². The summed E-state index contributed by atoms with van der Waals surface area (Å²) >= 11 is 0. The van der Waals surface area contributed by atoms with Gasteiger partial charge in [-0.25, -0.2) is 4.98 Å². The van der Waals surface area contributed by atoms with Crippen LogP contribution < -0.4 is 10.1 Å². The lowest BCUT2D eigenvalue weighted by atomic mass is 10.3. The first-order chi connectivity index (χ1) is 8.36. The molecular weight excluding hydrogens is 216 g/mol. The number of aromatic nitrogens is 1. The zero-order valence-corrected chi connectivity index (χ0v) is 10.3. The summed E-state index contributed by atoms with van der Waals surface area (Å²) in [7, 11) is 1.62. The van der Waals surface area contributed by atoms with Crippen molar-refractivity contribution in [1.82, 2.24) is 10.3 Å². The van der Waals surface area contributed by atoms with Crippen LogP contribution in [0, 0.1) is 0 Å². The molecule has 0 radical (unpaired) electrons. The van der Waals surface area contributed by atoms with Gasteiger partial charge >= 0.3 is 0 Å². The van der Waals surface area contributed by atoms with Crippen molar-refractivity contribution in [2.24, 2.45) is 0 Å². The summed E-state index contributed by atoms with van der Waals surface area (Å²) in [4.78, 5) is 4.30. The Balaban J connectivity index is 2.11. The first-order valence-corrected chi connectivity index (χ1v) is 5.76. The van der Waals surface area contributed by atoms with E-state index in [1.165, 1.54) is 0 Å². The van der Waals surface area contributed by atoms with E-state index in [-0.39, 0.29) is 0 Å². The molecule has 0 atom stereocenters. The standard InChI is InChI=1S/C13H20N2O2/c1-3-4-9-17-10-8-14-11-12-6-5-7-13(15-12)16-2/h3,5-7,14H,1,4,8-11H2,2H3. The Bertz CT molecular complexity index is 329. The number of rotatable bonds is 9. The van der Waals surface area contributed by atoms with Gasteiger partial charge in [0.05, 0.1) is 26.0 Å². The molecule has 1 heterocycles.